The Labute approximate surface area is 187 Å². The zero-order chi connectivity index (χ0) is 21.7. The third kappa shape index (κ3) is 3.45. The van der Waals surface area contributed by atoms with E-state index in [4.69, 9.17) is 0 Å². The molecule has 0 spiro atoms. The first-order valence-corrected chi connectivity index (χ1v) is 11.8. The Morgan fingerprint density at radius 2 is 1.91 bits per heavy atom. The molecule has 6 rings (SSSR count). The Morgan fingerprint density at radius 1 is 1.06 bits per heavy atom. The highest BCUT2D eigenvalue weighted by Gasteiger charge is 2.36. The lowest BCUT2D eigenvalue weighted by atomic mass is 9.82. The van der Waals surface area contributed by atoms with Crippen LogP contribution in [0.2, 0.25) is 0 Å². The third-order valence-corrected chi connectivity index (χ3v) is 7.50. The second-order valence-corrected chi connectivity index (χ2v) is 9.68. The SMILES string of the molecule is O=C(Cc1[nH]nc2ccccc12)N1C[C@@H]2C[C@H](C1)c1ccc(CN3CCCC3)c(=O)n1C2. The van der Waals surface area contributed by atoms with E-state index in [1.807, 2.05) is 39.8 Å². The molecule has 3 aliphatic heterocycles. The van der Waals surface area contributed by atoms with Crippen molar-refractivity contribution in [2.45, 2.75) is 44.7 Å². The number of hydrogen-bond donors (Lipinski definition) is 1. The molecular formula is C25H29N5O2. The van der Waals surface area contributed by atoms with E-state index < -0.39 is 0 Å². The number of aromatic amines is 1. The number of hydrogen-bond acceptors (Lipinski definition) is 4. The number of nitrogens with zero attached hydrogens (tertiary/aromatic N) is 4. The summed E-state index contributed by atoms with van der Waals surface area (Å²) in [6.45, 7) is 5.08. The summed E-state index contributed by atoms with van der Waals surface area (Å²) in [6, 6.07) is 12.1. The first-order valence-electron chi connectivity index (χ1n) is 11.8. The van der Waals surface area contributed by atoms with Crippen LogP contribution in [0.3, 0.4) is 0 Å². The lowest BCUT2D eigenvalue weighted by Crippen LogP contribution is -2.50. The normalized spacial score (nSPS) is 22.9. The number of amides is 1. The average molecular weight is 432 g/mol. The fourth-order valence-electron chi connectivity index (χ4n) is 5.91. The molecule has 32 heavy (non-hydrogen) atoms. The van der Waals surface area contributed by atoms with Crippen LogP contribution in [0.25, 0.3) is 10.9 Å². The van der Waals surface area contributed by atoms with E-state index in [0.29, 0.717) is 18.9 Å². The molecule has 0 aliphatic carbocycles. The van der Waals surface area contributed by atoms with Crippen LogP contribution in [0, 0.1) is 5.92 Å². The number of carbonyl (C=O) groups is 1. The Hall–Kier alpha value is -2.93. The molecule has 3 aliphatic rings. The van der Waals surface area contributed by atoms with Crippen molar-refractivity contribution in [1.82, 2.24) is 24.6 Å². The summed E-state index contributed by atoms with van der Waals surface area (Å²) in [6.07, 6.45) is 3.85. The monoisotopic (exact) mass is 431 g/mol. The molecule has 166 valence electrons. The minimum absolute atomic E-state index is 0.135. The molecule has 2 atom stereocenters. The van der Waals surface area contributed by atoms with Crippen molar-refractivity contribution in [3.8, 4) is 0 Å². The maximum Gasteiger partial charge on any atom is 0.255 e. The van der Waals surface area contributed by atoms with Gasteiger partial charge in [0.2, 0.25) is 5.91 Å². The van der Waals surface area contributed by atoms with Crippen LogP contribution < -0.4 is 5.56 Å². The highest BCUT2D eigenvalue weighted by Crippen LogP contribution is 2.35. The second-order valence-electron chi connectivity index (χ2n) is 9.68. The number of piperidine rings is 1. The van der Waals surface area contributed by atoms with Crippen LogP contribution in [-0.4, -0.2) is 56.7 Å². The van der Waals surface area contributed by atoms with Gasteiger partial charge in [-0.05, 0) is 50.4 Å². The molecule has 0 radical (unpaired) electrons. The molecular weight excluding hydrogens is 402 g/mol. The van der Waals surface area contributed by atoms with E-state index in [1.54, 1.807) is 0 Å². The number of para-hydroxylation sites is 1. The fraction of sp³-hybridized carbons (Fsp3) is 0.480. The maximum absolute atomic E-state index is 13.2. The van der Waals surface area contributed by atoms with Gasteiger partial charge in [-0.15, -0.1) is 0 Å². The van der Waals surface area contributed by atoms with Crippen molar-refractivity contribution in [2.24, 2.45) is 5.92 Å². The number of pyridine rings is 1. The molecule has 0 saturated carbocycles. The molecule has 2 aromatic heterocycles. The third-order valence-electron chi connectivity index (χ3n) is 7.50. The molecule has 5 heterocycles. The van der Waals surface area contributed by atoms with E-state index in [1.165, 1.54) is 12.8 Å². The number of rotatable bonds is 4. The average Bonchev–Trinajstić information content (AvgIpc) is 3.46. The van der Waals surface area contributed by atoms with Gasteiger partial charge in [0.1, 0.15) is 0 Å². The summed E-state index contributed by atoms with van der Waals surface area (Å²) >= 11 is 0. The summed E-state index contributed by atoms with van der Waals surface area (Å²) in [5, 5.41) is 8.38. The number of carbonyl (C=O) groups excluding carboxylic acids is 1. The van der Waals surface area contributed by atoms with Gasteiger partial charge in [0.05, 0.1) is 17.6 Å². The van der Waals surface area contributed by atoms with Gasteiger partial charge in [-0.2, -0.15) is 5.10 Å². The molecule has 2 fully saturated rings. The van der Waals surface area contributed by atoms with Crippen LogP contribution in [0.5, 0.6) is 0 Å². The molecule has 3 aromatic rings. The van der Waals surface area contributed by atoms with Gasteiger partial charge >= 0.3 is 0 Å². The van der Waals surface area contributed by atoms with E-state index in [2.05, 4.69) is 21.2 Å². The van der Waals surface area contributed by atoms with Gasteiger partial charge < -0.3 is 9.47 Å². The predicted octanol–water partition coefficient (Wildman–Crippen LogP) is 2.51. The molecule has 2 bridgehead atoms. The quantitative estimate of drug-likeness (QED) is 0.689. The number of nitrogens with one attached hydrogen (secondary N) is 1. The lowest BCUT2D eigenvalue weighted by molar-refractivity contribution is -0.133. The van der Waals surface area contributed by atoms with Crippen molar-refractivity contribution < 1.29 is 4.79 Å². The first kappa shape index (κ1) is 19.7. The maximum atomic E-state index is 13.2. The summed E-state index contributed by atoms with van der Waals surface area (Å²) in [5.41, 5.74) is 3.96. The smallest absolute Gasteiger partial charge is 0.255 e. The minimum Gasteiger partial charge on any atom is -0.341 e. The molecule has 1 N–H and O–H groups in total. The summed E-state index contributed by atoms with van der Waals surface area (Å²) in [4.78, 5) is 30.8. The number of likely N-dealkylation sites (tertiary alicyclic amines) is 2. The highest BCUT2D eigenvalue weighted by molar-refractivity contribution is 5.87. The molecule has 0 unspecified atom stereocenters. The van der Waals surface area contributed by atoms with E-state index in [9.17, 15) is 9.59 Å². The molecule has 7 nitrogen and oxygen atoms in total. The number of H-pyrrole nitrogens is 1. The van der Waals surface area contributed by atoms with Crippen LogP contribution in [0.15, 0.2) is 41.2 Å². The number of aromatic nitrogens is 3. The number of fused-ring (bicyclic) bond motifs is 5. The van der Waals surface area contributed by atoms with Gasteiger partial charge in [0.25, 0.3) is 5.56 Å². The van der Waals surface area contributed by atoms with E-state index >= 15 is 0 Å². The largest absolute Gasteiger partial charge is 0.341 e. The Balaban J connectivity index is 1.20. The van der Waals surface area contributed by atoms with Gasteiger partial charge in [-0.25, -0.2) is 0 Å². The van der Waals surface area contributed by atoms with Crippen LogP contribution >= 0.6 is 0 Å². The van der Waals surface area contributed by atoms with Crippen molar-refractivity contribution in [3.05, 3.63) is 63.7 Å². The highest BCUT2D eigenvalue weighted by atomic mass is 16.2. The number of benzene rings is 1. The van der Waals surface area contributed by atoms with Gasteiger partial charge in [-0.1, -0.05) is 24.3 Å². The molecule has 7 heteroatoms. The summed E-state index contributed by atoms with van der Waals surface area (Å²) in [7, 11) is 0. The summed E-state index contributed by atoms with van der Waals surface area (Å²) in [5.74, 6) is 0.706. The van der Waals surface area contributed by atoms with Crippen LogP contribution in [0.1, 0.15) is 42.1 Å². The lowest BCUT2D eigenvalue weighted by Gasteiger charge is -2.43. The Kier molecular flexibility index (Phi) is 4.86. The van der Waals surface area contributed by atoms with Gasteiger partial charge in [0, 0.05) is 48.7 Å². The second kappa shape index (κ2) is 7.89. The zero-order valence-electron chi connectivity index (χ0n) is 18.3. The Morgan fingerprint density at radius 3 is 2.78 bits per heavy atom. The standard InChI is InChI=1S/C25H29N5O2/c31-24(12-22-20-5-1-2-6-21(20)26-27-22)29-13-17-11-19(16-29)23-8-7-18(25(32)30(23)14-17)15-28-9-3-4-10-28/h1-2,5-8,17,19H,3-4,9-16H2,(H,26,27)/t17-,19+/m0/s1. The fourth-order valence-corrected chi connectivity index (χ4v) is 5.91. The molecule has 1 amide bonds. The molecule has 1 aromatic carbocycles. The van der Waals surface area contributed by atoms with Gasteiger partial charge in [0.15, 0.2) is 0 Å². The van der Waals surface area contributed by atoms with Crippen LogP contribution in [0.4, 0.5) is 0 Å². The topological polar surface area (TPSA) is 74.2 Å². The minimum atomic E-state index is 0.135. The summed E-state index contributed by atoms with van der Waals surface area (Å²) < 4.78 is 2.01. The Bertz CT molecular complexity index is 1220. The first-order chi connectivity index (χ1) is 15.7. The predicted molar refractivity (Wildman–Crippen MR) is 122 cm³/mol. The van der Waals surface area contributed by atoms with Gasteiger partial charge in [-0.3, -0.25) is 19.6 Å². The van der Waals surface area contributed by atoms with E-state index in [-0.39, 0.29) is 17.4 Å². The zero-order valence-corrected chi connectivity index (χ0v) is 18.3. The van der Waals surface area contributed by atoms with Crippen molar-refractivity contribution in [1.29, 1.82) is 0 Å². The van der Waals surface area contributed by atoms with Crippen molar-refractivity contribution >= 4 is 16.8 Å². The molecule has 2 saturated heterocycles. The van der Waals surface area contributed by atoms with E-state index in [0.717, 1.165) is 67.0 Å². The van der Waals surface area contributed by atoms with Crippen LogP contribution in [-0.2, 0) is 24.3 Å². The van der Waals surface area contributed by atoms with Crippen molar-refractivity contribution in [3.63, 3.8) is 0 Å². The van der Waals surface area contributed by atoms with Crippen molar-refractivity contribution in [2.75, 3.05) is 26.2 Å².